The Bertz CT molecular complexity index is 315. The molecule has 0 aliphatic carbocycles. The molecule has 76 valence electrons. The molecule has 0 atom stereocenters. The highest BCUT2D eigenvalue weighted by Crippen LogP contribution is 2.42. The van der Waals surface area contributed by atoms with Crippen LogP contribution in [0.2, 0.25) is 0 Å². The highest BCUT2D eigenvalue weighted by molar-refractivity contribution is 5.56. The zero-order chi connectivity index (χ0) is 10.4. The van der Waals surface area contributed by atoms with Gasteiger partial charge in [0.2, 0.25) is 0 Å². The first-order chi connectivity index (χ1) is 6.42. The molecule has 0 saturated carbocycles. The Kier molecular flexibility index (Phi) is 1.88. The number of hydrogen-bond donors (Lipinski definition) is 1. The van der Waals surface area contributed by atoms with Gasteiger partial charge < -0.3 is 5.32 Å². The molecular weight excluding hydrogens is 170 g/mol. The largest absolute Gasteiger partial charge is 0.379 e. The van der Waals surface area contributed by atoms with Crippen LogP contribution in [-0.2, 0) is 6.42 Å². The maximum absolute atomic E-state index is 3.63. The van der Waals surface area contributed by atoms with Crippen LogP contribution in [0, 0.1) is 5.41 Å². The number of fused-ring (bicyclic) bond motifs is 1. The van der Waals surface area contributed by atoms with E-state index in [1.165, 1.54) is 11.3 Å². The van der Waals surface area contributed by atoms with Crippen LogP contribution in [0.3, 0.4) is 0 Å². The summed E-state index contributed by atoms with van der Waals surface area (Å²) < 4.78 is 0. The molecule has 1 aromatic rings. The Labute approximate surface area is 86.5 Å². The van der Waals surface area contributed by atoms with Crippen molar-refractivity contribution in [3.63, 3.8) is 0 Å². The third-order valence-corrected chi connectivity index (χ3v) is 3.79. The zero-order valence-corrected chi connectivity index (χ0v) is 9.52. The first-order valence-electron chi connectivity index (χ1n) is 5.28. The molecule has 14 heavy (non-hydrogen) atoms. The van der Waals surface area contributed by atoms with Crippen molar-refractivity contribution < 1.29 is 0 Å². The van der Waals surface area contributed by atoms with Crippen molar-refractivity contribution in [3.05, 3.63) is 29.8 Å². The van der Waals surface area contributed by atoms with Gasteiger partial charge in [-0.15, -0.1) is 0 Å². The van der Waals surface area contributed by atoms with Crippen molar-refractivity contribution in [2.75, 3.05) is 5.32 Å². The fourth-order valence-corrected chi connectivity index (χ4v) is 2.00. The Hall–Kier alpha value is -0.980. The number of benzene rings is 1. The standard InChI is InChI=1S/C13H19N/c1-12(2)9-10-7-5-6-8-11(10)14-13(12,3)4/h5-8,14H,9H2,1-4H3. The molecule has 1 aromatic carbocycles. The summed E-state index contributed by atoms with van der Waals surface area (Å²) in [6.45, 7) is 9.22. The molecule has 0 bridgehead atoms. The number of para-hydroxylation sites is 1. The van der Waals surface area contributed by atoms with Gasteiger partial charge in [0.1, 0.15) is 0 Å². The molecule has 1 heteroatoms. The molecule has 0 radical (unpaired) electrons. The van der Waals surface area contributed by atoms with Crippen molar-refractivity contribution in [2.24, 2.45) is 5.41 Å². The zero-order valence-electron chi connectivity index (χ0n) is 9.52. The Morgan fingerprint density at radius 2 is 1.71 bits per heavy atom. The normalized spacial score (nSPS) is 22.3. The van der Waals surface area contributed by atoms with Crippen LogP contribution in [0.5, 0.6) is 0 Å². The number of anilines is 1. The monoisotopic (exact) mass is 189 g/mol. The summed E-state index contributed by atoms with van der Waals surface area (Å²) in [6, 6.07) is 8.61. The summed E-state index contributed by atoms with van der Waals surface area (Å²) >= 11 is 0. The van der Waals surface area contributed by atoms with Crippen LogP contribution in [0.4, 0.5) is 5.69 Å². The van der Waals surface area contributed by atoms with E-state index in [0.29, 0.717) is 5.41 Å². The van der Waals surface area contributed by atoms with Gasteiger partial charge in [0.15, 0.2) is 0 Å². The van der Waals surface area contributed by atoms with E-state index in [1.54, 1.807) is 0 Å². The SMILES string of the molecule is CC1(C)Cc2ccccc2NC1(C)C. The van der Waals surface area contributed by atoms with Crippen molar-refractivity contribution in [1.29, 1.82) is 0 Å². The predicted octanol–water partition coefficient (Wildman–Crippen LogP) is 3.46. The van der Waals surface area contributed by atoms with E-state index >= 15 is 0 Å². The topological polar surface area (TPSA) is 12.0 Å². The highest BCUT2D eigenvalue weighted by Gasteiger charge is 2.40. The van der Waals surface area contributed by atoms with Crippen LogP contribution in [0.1, 0.15) is 33.3 Å². The third-order valence-electron chi connectivity index (χ3n) is 3.79. The first-order valence-corrected chi connectivity index (χ1v) is 5.28. The quantitative estimate of drug-likeness (QED) is 0.659. The molecule has 2 rings (SSSR count). The summed E-state index contributed by atoms with van der Waals surface area (Å²) in [5.41, 5.74) is 3.22. The van der Waals surface area contributed by atoms with Crippen molar-refractivity contribution in [1.82, 2.24) is 0 Å². The first kappa shape index (κ1) is 9.57. The Balaban J connectivity index is 2.46. The number of hydrogen-bond acceptors (Lipinski definition) is 1. The van der Waals surface area contributed by atoms with E-state index in [2.05, 4.69) is 57.3 Å². The molecule has 0 amide bonds. The Morgan fingerprint density at radius 3 is 2.43 bits per heavy atom. The summed E-state index contributed by atoms with van der Waals surface area (Å²) in [6.07, 6.45) is 1.16. The molecular formula is C13H19N. The van der Waals surface area contributed by atoms with Gasteiger partial charge in [-0.2, -0.15) is 0 Å². The molecule has 1 N–H and O–H groups in total. The van der Waals surface area contributed by atoms with Gasteiger partial charge in [0.25, 0.3) is 0 Å². The van der Waals surface area contributed by atoms with Crippen molar-refractivity contribution in [2.45, 2.75) is 39.7 Å². The van der Waals surface area contributed by atoms with Gasteiger partial charge in [0, 0.05) is 11.2 Å². The van der Waals surface area contributed by atoms with Gasteiger partial charge >= 0.3 is 0 Å². The van der Waals surface area contributed by atoms with Crippen molar-refractivity contribution >= 4 is 5.69 Å². The molecule has 0 spiro atoms. The molecule has 0 saturated heterocycles. The van der Waals surface area contributed by atoms with Gasteiger partial charge in [-0.3, -0.25) is 0 Å². The average Bonchev–Trinajstić information content (AvgIpc) is 2.05. The van der Waals surface area contributed by atoms with Gasteiger partial charge in [-0.25, -0.2) is 0 Å². The molecule has 1 aliphatic rings. The lowest BCUT2D eigenvalue weighted by molar-refractivity contribution is 0.213. The molecule has 0 aromatic heterocycles. The second-order valence-electron chi connectivity index (χ2n) is 5.47. The third kappa shape index (κ3) is 1.31. The summed E-state index contributed by atoms with van der Waals surface area (Å²) in [4.78, 5) is 0. The maximum Gasteiger partial charge on any atom is 0.0377 e. The van der Waals surface area contributed by atoms with Crippen LogP contribution >= 0.6 is 0 Å². The smallest absolute Gasteiger partial charge is 0.0377 e. The van der Waals surface area contributed by atoms with E-state index in [4.69, 9.17) is 0 Å². The van der Waals surface area contributed by atoms with E-state index in [-0.39, 0.29) is 5.54 Å². The average molecular weight is 189 g/mol. The van der Waals surface area contributed by atoms with E-state index < -0.39 is 0 Å². The van der Waals surface area contributed by atoms with E-state index in [0.717, 1.165) is 6.42 Å². The van der Waals surface area contributed by atoms with E-state index in [1.807, 2.05) is 0 Å². The molecule has 0 fully saturated rings. The molecule has 0 unspecified atom stereocenters. The molecule has 1 heterocycles. The van der Waals surface area contributed by atoms with Gasteiger partial charge in [-0.05, 0) is 37.3 Å². The van der Waals surface area contributed by atoms with Gasteiger partial charge in [-0.1, -0.05) is 32.0 Å². The second-order valence-corrected chi connectivity index (χ2v) is 5.47. The minimum atomic E-state index is 0.168. The second kappa shape index (κ2) is 2.75. The van der Waals surface area contributed by atoms with Crippen LogP contribution in [-0.4, -0.2) is 5.54 Å². The minimum absolute atomic E-state index is 0.168. The minimum Gasteiger partial charge on any atom is -0.379 e. The number of nitrogens with one attached hydrogen (secondary N) is 1. The lowest BCUT2D eigenvalue weighted by atomic mass is 9.68. The summed E-state index contributed by atoms with van der Waals surface area (Å²) in [7, 11) is 0. The fraction of sp³-hybridized carbons (Fsp3) is 0.538. The van der Waals surface area contributed by atoms with Crippen LogP contribution in [0.25, 0.3) is 0 Å². The van der Waals surface area contributed by atoms with Crippen LogP contribution in [0.15, 0.2) is 24.3 Å². The maximum atomic E-state index is 3.63. The summed E-state index contributed by atoms with van der Waals surface area (Å²) in [5.74, 6) is 0. The van der Waals surface area contributed by atoms with E-state index in [9.17, 15) is 0 Å². The lowest BCUT2D eigenvalue weighted by Crippen LogP contribution is -2.50. The number of rotatable bonds is 0. The predicted molar refractivity (Wildman–Crippen MR) is 61.6 cm³/mol. The lowest BCUT2D eigenvalue weighted by Gasteiger charge is -2.47. The molecule has 1 nitrogen and oxygen atoms in total. The highest BCUT2D eigenvalue weighted by atomic mass is 15.0. The van der Waals surface area contributed by atoms with Crippen LogP contribution < -0.4 is 5.32 Å². The Morgan fingerprint density at radius 1 is 1.07 bits per heavy atom. The van der Waals surface area contributed by atoms with Gasteiger partial charge in [0.05, 0.1) is 0 Å². The van der Waals surface area contributed by atoms with Crippen molar-refractivity contribution in [3.8, 4) is 0 Å². The molecule has 1 aliphatic heterocycles. The summed E-state index contributed by atoms with van der Waals surface area (Å²) in [5, 5.41) is 3.63. The fourth-order valence-electron chi connectivity index (χ4n) is 2.00.